The summed E-state index contributed by atoms with van der Waals surface area (Å²) < 4.78 is 68.7. The first-order chi connectivity index (χ1) is 28.3. The zero-order chi connectivity index (χ0) is 43.6. The van der Waals surface area contributed by atoms with Crippen LogP contribution in [0.15, 0.2) is 29.7 Å². The maximum atomic E-state index is 14.3. The van der Waals surface area contributed by atoms with Crippen LogP contribution in [-0.4, -0.2) is 101 Å². The second kappa shape index (κ2) is 19.4. The number of ether oxygens (including phenoxy) is 1. The predicted molar refractivity (Wildman–Crippen MR) is 231 cm³/mol. The molecular formula is C35H56N8O11P2S2Si2. The van der Waals surface area contributed by atoms with Crippen LogP contribution >= 0.6 is 25.8 Å². The van der Waals surface area contributed by atoms with Crippen LogP contribution in [0.3, 0.4) is 0 Å². The lowest BCUT2D eigenvalue weighted by molar-refractivity contribution is -0.0101. The van der Waals surface area contributed by atoms with Gasteiger partial charge in [0, 0.05) is 30.5 Å². The van der Waals surface area contributed by atoms with Crippen LogP contribution in [0.25, 0.3) is 11.2 Å². The van der Waals surface area contributed by atoms with Crippen molar-refractivity contribution in [3.8, 4) is 11.9 Å². The van der Waals surface area contributed by atoms with E-state index in [-0.39, 0.29) is 66.0 Å². The summed E-state index contributed by atoms with van der Waals surface area (Å²) in [5.41, 5.74) is -1.03. The van der Waals surface area contributed by atoms with Gasteiger partial charge >= 0.3 is 30.6 Å². The van der Waals surface area contributed by atoms with E-state index in [1.165, 1.54) is 17.3 Å². The molecule has 2 saturated carbocycles. The second-order valence-corrected chi connectivity index (χ2v) is 31.2. The highest BCUT2D eigenvalue weighted by Crippen LogP contribution is 2.61. The van der Waals surface area contributed by atoms with Crippen LogP contribution < -0.4 is 10.3 Å². The van der Waals surface area contributed by atoms with Gasteiger partial charge in [-0.1, -0.05) is 72.9 Å². The summed E-state index contributed by atoms with van der Waals surface area (Å²) in [6.07, 6.45) is 2.04. The molecule has 3 aromatic heterocycles. The fourth-order valence-corrected chi connectivity index (χ4v) is 22.0. The number of hydrogen-bond donors (Lipinski definition) is 3. The van der Waals surface area contributed by atoms with Crippen molar-refractivity contribution in [2.75, 3.05) is 19.8 Å². The van der Waals surface area contributed by atoms with Gasteiger partial charge in [0.25, 0.3) is 5.56 Å². The van der Waals surface area contributed by atoms with Gasteiger partial charge in [-0.25, -0.2) is 24.2 Å². The van der Waals surface area contributed by atoms with E-state index in [0.29, 0.717) is 18.7 Å². The topological polar surface area (TPSA) is 237 Å². The number of thiol groups is 1. The average molecular weight is 947 g/mol. The molecule has 0 aromatic carbocycles. The van der Waals surface area contributed by atoms with E-state index in [1.807, 2.05) is 55.4 Å². The SMILES string of the molecule is CC(C)[Si](O)(O[Si](O[C@@H]1[C@H]2COP(=O)(S)O[C@H]3C[C@H](Oc4ccncn4)C[C@@H]3COP(=S)(OCCC#N)O[C@H]1[C@H](n1nnc3c(=O)[nH]cnc31)C2)(C(C)C)C(C)C)C(C)C. The van der Waals surface area contributed by atoms with Crippen molar-refractivity contribution >= 4 is 65.9 Å². The predicted octanol–water partition coefficient (Wildman–Crippen LogP) is 6.65. The molecule has 0 amide bonds. The molecule has 19 nitrogen and oxygen atoms in total. The highest BCUT2D eigenvalue weighted by atomic mass is 32.7. The summed E-state index contributed by atoms with van der Waals surface area (Å²) in [5, 5.41) is 18.1. The van der Waals surface area contributed by atoms with Crippen LogP contribution in [0.5, 0.6) is 5.88 Å². The lowest BCUT2D eigenvalue weighted by atomic mass is 10.1. The summed E-state index contributed by atoms with van der Waals surface area (Å²) in [6.45, 7) is 7.68. The van der Waals surface area contributed by atoms with Gasteiger partial charge < -0.3 is 41.2 Å². The highest BCUT2D eigenvalue weighted by molar-refractivity contribution is 8.44. The number of fused-ring (bicyclic) bond motifs is 4. The molecule has 0 spiro atoms. The standard InChI is InChI=1S/C35H56N8O11P2S2Si2/c1-21(2)59(46,22(3)4)54-60(23(5)6,24(7)8)53-32-26-15-28(43-34-31(41-42-43)35(44)40-20-39-34)33(32)52-56(58,47-13-9-11-36)49-17-25-14-27(50-30-10-12-37-19-38-30)16-29(25)51-55(45,57)48-18-26/h10,12,19-29,32-33,46H,9,13-18H2,1-8H3,(H,45,57)(H,39,40,44)/t25-,26-,27-,28-,29+,32-,33+,55?,56?/m1/s1. The number of hydrogen-bond acceptors (Lipinski definition) is 18. The lowest BCUT2D eigenvalue weighted by Crippen LogP contribution is -2.62. The summed E-state index contributed by atoms with van der Waals surface area (Å²) in [5.74, 6) is -0.696. The third-order valence-electron chi connectivity index (χ3n) is 11.5. The minimum atomic E-state index is -4.09. The van der Waals surface area contributed by atoms with Crippen molar-refractivity contribution in [3.63, 3.8) is 0 Å². The van der Waals surface area contributed by atoms with E-state index in [9.17, 15) is 19.4 Å². The number of rotatable bonds is 14. The average Bonchev–Trinajstić information content (AvgIpc) is 3.88. The number of aromatic nitrogens is 7. The van der Waals surface area contributed by atoms with E-state index < -0.39 is 78.5 Å². The molecule has 4 heterocycles. The zero-order valence-electron chi connectivity index (χ0n) is 35.0. The molecule has 3 aliphatic rings. The fraction of sp³-hybridized carbons (Fsp3) is 0.743. The van der Waals surface area contributed by atoms with Gasteiger partial charge in [-0.3, -0.25) is 9.32 Å². The van der Waals surface area contributed by atoms with Crippen molar-refractivity contribution < 1.29 is 45.3 Å². The van der Waals surface area contributed by atoms with Crippen LogP contribution in [0.2, 0.25) is 22.2 Å². The molecule has 1 saturated heterocycles. The molecule has 2 N–H and O–H groups in total. The molecule has 60 heavy (non-hydrogen) atoms. The third-order valence-corrected chi connectivity index (χ3v) is 25.3. The summed E-state index contributed by atoms with van der Waals surface area (Å²) >= 11 is 10.7. The lowest BCUT2D eigenvalue weighted by Gasteiger charge is -2.48. The quantitative estimate of drug-likeness (QED) is 0.0663. The molecule has 3 fully saturated rings. The van der Waals surface area contributed by atoms with Crippen LogP contribution in [0.1, 0.15) is 87.1 Å². The molecule has 332 valence electrons. The summed E-state index contributed by atoms with van der Waals surface area (Å²) in [7, 11) is -6.98. The third kappa shape index (κ3) is 10.3. The Labute approximate surface area is 362 Å². The fourth-order valence-electron chi connectivity index (χ4n) is 8.32. The molecule has 0 radical (unpaired) electrons. The molecule has 6 rings (SSSR count). The van der Waals surface area contributed by atoms with Gasteiger partial charge in [0.1, 0.15) is 18.5 Å². The van der Waals surface area contributed by atoms with Gasteiger partial charge in [-0.15, -0.1) is 5.10 Å². The van der Waals surface area contributed by atoms with Gasteiger partial charge in [0.2, 0.25) is 5.88 Å². The minimum Gasteiger partial charge on any atom is -0.474 e. The molecule has 9 atom stereocenters. The van der Waals surface area contributed by atoms with Gasteiger partial charge in [0.15, 0.2) is 11.2 Å². The number of nitrogens with zero attached hydrogens (tertiary/aromatic N) is 7. The first-order valence-electron chi connectivity index (χ1n) is 20.2. The Hall–Kier alpha value is -2.01. The molecule has 25 heteroatoms. The van der Waals surface area contributed by atoms with Crippen LogP contribution in [-0.2, 0) is 47.5 Å². The van der Waals surface area contributed by atoms with E-state index in [4.69, 9.17) is 47.7 Å². The second-order valence-electron chi connectivity index (χ2n) is 16.8. The van der Waals surface area contributed by atoms with E-state index in [0.717, 1.165) is 0 Å². The van der Waals surface area contributed by atoms with Gasteiger partial charge in [-0.05, 0) is 46.8 Å². The number of nitriles is 1. The largest absolute Gasteiger partial charge is 0.474 e. The molecule has 2 unspecified atom stereocenters. The minimum absolute atomic E-state index is 0.00103. The molecule has 2 bridgehead atoms. The first kappa shape index (κ1) is 47.5. The smallest absolute Gasteiger partial charge is 0.386 e. The zero-order valence-corrected chi connectivity index (χ0v) is 40.5. The summed E-state index contributed by atoms with van der Waals surface area (Å²) in [6, 6.07) is 2.94. The number of aromatic amines is 1. The van der Waals surface area contributed by atoms with Crippen LogP contribution in [0, 0.1) is 23.2 Å². The molecule has 3 aromatic rings. The van der Waals surface area contributed by atoms with Crippen molar-refractivity contribution in [2.24, 2.45) is 11.8 Å². The summed E-state index contributed by atoms with van der Waals surface area (Å²) in [4.78, 5) is 40.3. The molecule has 2 aliphatic carbocycles. The Morgan fingerprint density at radius 3 is 2.42 bits per heavy atom. The Kier molecular flexibility index (Phi) is 15.3. The van der Waals surface area contributed by atoms with Crippen LogP contribution in [0.4, 0.5) is 0 Å². The molecule has 1 aliphatic heterocycles. The Morgan fingerprint density at radius 1 is 1.05 bits per heavy atom. The van der Waals surface area contributed by atoms with Crippen molar-refractivity contribution in [2.45, 2.75) is 134 Å². The van der Waals surface area contributed by atoms with Gasteiger partial charge in [-0.2, -0.15) is 5.26 Å². The Bertz CT molecular complexity index is 2120. The van der Waals surface area contributed by atoms with E-state index in [2.05, 4.69) is 48.6 Å². The number of nitrogens with one attached hydrogen (secondary N) is 1. The Morgan fingerprint density at radius 2 is 1.77 bits per heavy atom. The van der Waals surface area contributed by atoms with Gasteiger partial charge in [0.05, 0.1) is 56.9 Å². The Balaban J connectivity index is 1.47. The van der Waals surface area contributed by atoms with Crippen molar-refractivity contribution in [3.05, 3.63) is 35.3 Å². The monoisotopic (exact) mass is 946 g/mol. The normalized spacial score (nSPS) is 30.6. The molecular weight excluding hydrogens is 891 g/mol. The van der Waals surface area contributed by atoms with E-state index >= 15 is 0 Å². The van der Waals surface area contributed by atoms with Crippen molar-refractivity contribution in [1.29, 1.82) is 5.26 Å². The number of H-pyrrole nitrogens is 1. The highest BCUT2D eigenvalue weighted by Gasteiger charge is 2.60. The maximum absolute atomic E-state index is 14.3. The maximum Gasteiger partial charge on any atom is 0.386 e. The first-order valence-corrected chi connectivity index (χ1v) is 29.5. The van der Waals surface area contributed by atoms with Crippen molar-refractivity contribution in [1.82, 2.24) is 34.9 Å². The van der Waals surface area contributed by atoms with E-state index in [1.54, 1.807) is 12.3 Å².